The number of aliphatic hydroxyl groups excluding tert-OH is 1. The monoisotopic (exact) mass is 249 g/mol. The van der Waals surface area contributed by atoms with E-state index in [9.17, 15) is 0 Å². The minimum absolute atomic E-state index is 0.128. The maximum atomic E-state index is 8.98. The van der Waals surface area contributed by atoms with E-state index < -0.39 is 0 Å². The van der Waals surface area contributed by atoms with Crippen LogP contribution in [0, 0.1) is 5.92 Å². The van der Waals surface area contributed by atoms with Crippen molar-refractivity contribution in [2.45, 2.75) is 52.7 Å². The van der Waals surface area contributed by atoms with Gasteiger partial charge in [0, 0.05) is 6.54 Å². The molecule has 0 radical (unpaired) electrons. The van der Waals surface area contributed by atoms with Crippen LogP contribution in [0.1, 0.15) is 50.7 Å². The maximum Gasteiger partial charge on any atom is 0.0681 e. The van der Waals surface area contributed by atoms with Crippen molar-refractivity contribution in [1.29, 1.82) is 0 Å². The predicted molar refractivity (Wildman–Crippen MR) is 77.4 cm³/mol. The van der Waals surface area contributed by atoms with Crippen LogP contribution in [-0.4, -0.2) is 11.7 Å². The molecule has 2 heteroatoms. The summed E-state index contributed by atoms with van der Waals surface area (Å²) in [5.41, 5.74) is 2.27. The molecule has 0 aliphatic carbocycles. The van der Waals surface area contributed by atoms with Crippen molar-refractivity contribution in [3.63, 3.8) is 0 Å². The molecule has 0 aliphatic rings. The van der Waals surface area contributed by atoms with Gasteiger partial charge in [-0.25, -0.2) is 0 Å². The average molecular weight is 249 g/mol. The van der Waals surface area contributed by atoms with Gasteiger partial charge in [-0.2, -0.15) is 0 Å². The topological polar surface area (TPSA) is 32.3 Å². The second-order valence-electron chi connectivity index (χ2n) is 5.02. The first-order valence-corrected chi connectivity index (χ1v) is 7.19. The number of unbranched alkanes of at least 4 members (excludes halogenated alkanes) is 1. The van der Waals surface area contributed by atoms with Crippen molar-refractivity contribution in [2.75, 3.05) is 6.54 Å². The summed E-state index contributed by atoms with van der Waals surface area (Å²) in [6.45, 7) is 6.69. The van der Waals surface area contributed by atoms with E-state index in [2.05, 4.69) is 31.3 Å². The van der Waals surface area contributed by atoms with Crippen molar-refractivity contribution in [3.8, 4) is 0 Å². The Morgan fingerprint density at radius 1 is 1.11 bits per heavy atom. The zero-order chi connectivity index (χ0) is 13.2. The first kappa shape index (κ1) is 15.2. The van der Waals surface area contributed by atoms with Crippen LogP contribution in [0.5, 0.6) is 0 Å². The molecule has 102 valence electrons. The highest BCUT2D eigenvalue weighted by Crippen LogP contribution is 2.11. The number of benzene rings is 1. The van der Waals surface area contributed by atoms with E-state index in [4.69, 9.17) is 5.11 Å². The highest BCUT2D eigenvalue weighted by Gasteiger charge is 2.04. The van der Waals surface area contributed by atoms with Gasteiger partial charge in [0.15, 0.2) is 0 Å². The van der Waals surface area contributed by atoms with E-state index in [1.807, 2.05) is 12.1 Å². The summed E-state index contributed by atoms with van der Waals surface area (Å²) in [5, 5.41) is 12.5. The Kier molecular flexibility index (Phi) is 7.70. The van der Waals surface area contributed by atoms with E-state index in [1.165, 1.54) is 31.2 Å². The molecule has 1 unspecified atom stereocenters. The van der Waals surface area contributed by atoms with Gasteiger partial charge in [-0.15, -0.1) is 0 Å². The number of hydrogen-bond acceptors (Lipinski definition) is 2. The second-order valence-corrected chi connectivity index (χ2v) is 5.02. The van der Waals surface area contributed by atoms with Gasteiger partial charge in [-0.1, -0.05) is 57.4 Å². The molecule has 0 fully saturated rings. The van der Waals surface area contributed by atoms with Gasteiger partial charge >= 0.3 is 0 Å². The van der Waals surface area contributed by atoms with E-state index in [-0.39, 0.29) is 6.61 Å². The Morgan fingerprint density at radius 2 is 1.78 bits per heavy atom. The molecular formula is C16H27NO. The molecule has 1 aromatic rings. The first-order valence-electron chi connectivity index (χ1n) is 7.19. The number of rotatable bonds is 9. The normalized spacial score (nSPS) is 12.6. The fourth-order valence-electron chi connectivity index (χ4n) is 2.13. The molecule has 1 atom stereocenters. The summed E-state index contributed by atoms with van der Waals surface area (Å²) in [6, 6.07) is 8.16. The van der Waals surface area contributed by atoms with Crippen LogP contribution in [0.4, 0.5) is 0 Å². The van der Waals surface area contributed by atoms with E-state index in [1.54, 1.807) is 0 Å². The Bertz CT molecular complexity index is 307. The highest BCUT2D eigenvalue weighted by molar-refractivity contribution is 5.21. The van der Waals surface area contributed by atoms with Gasteiger partial charge in [0.2, 0.25) is 0 Å². The molecule has 0 saturated carbocycles. The lowest BCUT2D eigenvalue weighted by Crippen LogP contribution is -2.22. The quantitative estimate of drug-likeness (QED) is 0.702. The standard InChI is InChI=1S/C16H27NO/c1-3-5-6-14(4-2)11-17-12-15-7-9-16(13-18)10-8-15/h7-10,14,17-18H,3-6,11-13H2,1-2H3. The van der Waals surface area contributed by atoms with Gasteiger partial charge in [-0.3, -0.25) is 0 Å². The fourth-order valence-corrected chi connectivity index (χ4v) is 2.13. The van der Waals surface area contributed by atoms with Gasteiger partial charge in [-0.05, 0) is 30.0 Å². The largest absolute Gasteiger partial charge is 0.392 e. The number of nitrogens with one attached hydrogen (secondary N) is 1. The molecule has 0 amide bonds. The lowest BCUT2D eigenvalue weighted by atomic mass is 9.99. The summed E-state index contributed by atoms with van der Waals surface area (Å²) >= 11 is 0. The van der Waals surface area contributed by atoms with Gasteiger partial charge in [0.05, 0.1) is 6.61 Å². The summed E-state index contributed by atoms with van der Waals surface area (Å²) in [4.78, 5) is 0. The van der Waals surface area contributed by atoms with Crippen molar-refractivity contribution in [1.82, 2.24) is 5.32 Å². The minimum Gasteiger partial charge on any atom is -0.392 e. The van der Waals surface area contributed by atoms with Crippen molar-refractivity contribution in [2.24, 2.45) is 5.92 Å². The third-order valence-corrected chi connectivity index (χ3v) is 3.51. The molecule has 2 nitrogen and oxygen atoms in total. The van der Waals surface area contributed by atoms with Gasteiger partial charge < -0.3 is 10.4 Å². The molecule has 0 aromatic heterocycles. The molecule has 0 aliphatic heterocycles. The molecule has 0 heterocycles. The molecule has 0 saturated heterocycles. The second kappa shape index (κ2) is 9.12. The smallest absolute Gasteiger partial charge is 0.0681 e. The van der Waals surface area contributed by atoms with Crippen LogP contribution in [0.25, 0.3) is 0 Å². The fraction of sp³-hybridized carbons (Fsp3) is 0.625. The summed E-state index contributed by atoms with van der Waals surface area (Å²) in [7, 11) is 0. The van der Waals surface area contributed by atoms with Crippen LogP contribution < -0.4 is 5.32 Å². The summed E-state index contributed by atoms with van der Waals surface area (Å²) in [6.07, 6.45) is 5.23. The predicted octanol–water partition coefficient (Wildman–Crippen LogP) is 3.48. The third-order valence-electron chi connectivity index (χ3n) is 3.51. The van der Waals surface area contributed by atoms with E-state index in [0.29, 0.717) is 0 Å². The van der Waals surface area contributed by atoms with Gasteiger partial charge in [0.25, 0.3) is 0 Å². The van der Waals surface area contributed by atoms with Crippen molar-refractivity contribution in [3.05, 3.63) is 35.4 Å². The van der Waals surface area contributed by atoms with Crippen molar-refractivity contribution >= 4 is 0 Å². The average Bonchev–Trinajstić information content (AvgIpc) is 2.43. The van der Waals surface area contributed by atoms with Crippen LogP contribution in [0.2, 0.25) is 0 Å². The van der Waals surface area contributed by atoms with Crippen LogP contribution in [-0.2, 0) is 13.2 Å². The van der Waals surface area contributed by atoms with E-state index >= 15 is 0 Å². The molecular weight excluding hydrogens is 222 g/mol. The van der Waals surface area contributed by atoms with Crippen LogP contribution in [0.3, 0.4) is 0 Å². The van der Waals surface area contributed by atoms with Crippen LogP contribution >= 0.6 is 0 Å². The Hall–Kier alpha value is -0.860. The zero-order valence-electron chi connectivity index (χ0n) is 11.8. The number of aliphatic hydroxyl groups is 1. The molecule has 0 bridgehead atoms. The zero-order valence-corrected chi connectivity index (χ0v) is 11.8. The SMILES string of the molecule is CCCCC(CC)CNCc1ccc(CO)cc1. The maximum absolute atomic E-state index is 8.98. The number of hydrogen-bond donors (Lipinski definition) is 2. The summed E-state index contributed by atoms with van der Waals surface area (Å²) < 4.78 is 0. The molecule has 18 heavy (non-hydrogen) atoms. The molecule has 0 spiro atoms. The Morgan fingerprint density at radius 3 is 2.33 bits per heavy atom. The molecule has 1 rings (SSSR count). The lowest BCUT2D eigenvalue weighted by molar-refractivity contribution is 0.282. The van der Waals surface area contributed by atoms with Crippen molar-refractivity contribution < 1.29 is 5.11 Å². The lowest BCUT2D eigenvalue weighted by Gasteiger charge is -2.15. The van der Waals surface area contributed by atoms with Crippen LogP contribution in [0.15, 0.2) is 24.3 Å². The molecule has 1 aromatic carbocycles. The summed E-state index contributed by atoms with van der Waals surface area (Å²) in [5.74, 6) is 0.807. The third kappa shape index (κ3) is 5.65. The minimum atomic E-state index is 0.128. The van der Waals surface area contributed by atoms with E-state index in [0.717, 1.165) is 24.6 Å². The van der Waals surface area contributed by atoms with Gasteiger partial charge in [0.1, 0.15) is 0 Å². The Labute approximate surface area is 111 Å². The first-order chi connectivity index (χ1) is 8.80. The molecule has 2 N–H and O–H groups in total. The Balaban J connectivity index is 2.26. The highest BCUT2D eigenvalue weighted by atomic mass is 16.3.